The van der Waals surface area contributed by atoms with Gasteiger partial charge in [-0.05, 0) is 89.2 Å². The molecule has 2 N–H and O–H groups in total. The van der Waals surface area contributed by atoms with Crippen molar-refractivity contribution in [2.75, 3.05) is 18.4 Å². The Kier molecular flexibility index (Phi) is 6.76. The van der Waals surface area contributed by atoms with E-state index in [9.17, 15) is 13.9 Å². The van der Waals surface area contributed by atoms with Crippen LogP contribution in [0.15, 0.2) is 36.7 Å². The van der Waals surface area contributed by atoms with Crippen LogP contribution >= 0.6 is 0 Å². The summed E-state index contributed by atoms with van der Waals surface area (Å²) in [5.41, 5.74) is 1.87. The molecular weight excluding hydrogens is 500 g/mol. The van der Waals surface area contributed by atoms with E-state index in [0.29, 0.717) is 22.7 Å². The molecule has 0 spiro atoms. The van der Waals surface area contributed by atoms with Crippen LogP contribution in [0.2, 0.25) is 0 Å². The number of aliphatic hydroxyl groups is 1. The number of aryl methyl sites for hydroxylation is 1. The van der Waals surface area contributed by atoms with Crippen molar-refractivity contribution in [3.63, 3.8) is 0 Å². The second-order valence-electron chi connectivity index (χ2n) is 11.0. The van der Waals surface area contributed by atoms with E-state index in [2.05, 4.69) is 30.2 Å². The lowest BCUT2D eigenvalue weighted by atomic mass is 9.88. The molecule has 0 radical (unpaired) electrons. The number of hydrogen-bond acceptors (Lipinski definition) is 7. The highest BCUT2D eigenvalue weighted by atomic mass is 19.1. The van der Waals surface area contributed by atoms with Crippen LogP contribution in [0, 0.1) is 24.5 Å². The predicted octanol–water partition coefficient (Wildman–Crippen LogP) is 5.71. The van der Waals surface area contributed by atoms with Crippen molar-refractivity contribution >= 4 is 22.8 Å². The minimum absolute atomic E-state index is 0.0213. The summed E-state index contributed by atoms with van der Waals surface area (Å²) in [4.78, 5) is 19.7. The summed E-state index contributed by atoms with van der Waals surface area (Å²) < 4.78 is 31.7. The highest BCUT2D eigenvalue weighted by Gasteiger charge is 2.34. The van der Waals surface area contributed by atoms with E-state index in [1.165, 1.54) is 18.9 Å². The van der Waals surface area contributed by atoms with Crippen molar-refractivity contribution in [1.29, 1.82) is 0 Å². The fraction of sp³-hybridized carbons (Fsp3) is 0.448. The van der Waals surface area contributed by atoms with Gasteiger partial charge in [0.05, 0.1) is 17.8 Å². The fourth-order valence-corrected chi connectivity index (χ4v) is 5.77. The van der Waals surface area contributed by atoms with Gasteiger partial charge < -0.3 is 19.9 Å². The third-order valence-electron chi connectivity index (χ3n) is 7.91. The number of nitrogens with zero attached hydrogens (tertiary/aromatic N) is 6. The van der Waals surface area contributed by atoms with E-state index in [1.54, 1.807) is 18.3 Å². The third kappa shape index (κ3) is 5.10. The molecule has 2 fully saturated rings. The lowest BCUT2D eigenvalue weighted by Gasteiger charge is -2.34. The molecule has 1 unspecified atom stereocenters. The molecule has 0 bridgehead atoms. The first-order valence-corrected chi connectivity index (χ1v) is 13.6. The Bertz CT molecular complexity index is 1490. The molecule has 204 valence electrons. The van der Waals surface area contributed by atoms with Crippen LogP contribution in [0.5, 0.6) is 0 Å². The van der Waals surface area contributed by atoms with Gasteiger partial charge in [0, 0.05) is 23.8 Å². The zero-order valence-corrected chi connectivity index (χ0v) is 22.4. The van der Waals surface area contributed by atoms with Gasteiger partial charge in [-0.2, -0.15) is 0 Å². The maximum atomic E-state index is 15.0. The van der Waals surface area contributed by atoms with Crippen molar-refractivity contribution in [3.05, 3.63) is 59.7 Å². The average Bonchev–Trinajstić information content (AvgIpc) is 3.72. The van der Waals surface area contributed by atoms with Gasteiger partial charge in [-0.25, -0.2) is 28.7 Å². The van der Waals surface area contributed by atoms with Crippen molar-refractivity contribution < 1.29 is 13.9 Å². The Morgan fingerprint density at radius 2 is 1.74 bits per heavy atom. The minimum atomic E-state index is -0.661. The van der Waals surface area contributed by atoms with Gasteiger partial charge in [0.1, 0.15) is 22.9 Å². The molecule has 1 aliphatic heterocycles. The molecule has 6 rings (SSSR count). The summed E-state index contributed by atoms with van der Waals surface area (Å²) in [6.07, 6.45) is 6.73. The molecule has 1 aliphatic carbocycles. The van der Waals surface area contributed by atoms with Gasteiger partial charge in [-0.3, -0.25) is 0 Å². The van der Waals surface area contributed by atoms with Crippen molar-refractivity contribution in [1.82, 2.24) is 29.4 Å². The van der Waals surface area contributed by atoms with E-state index >= 15 is 0 Å². The number of anilines is 2. The molecule has 39 heavy (non-hydrogen) atoms. The first kappa shape index (κ1) is 25.8. The molecule has 3 aromatic heterocycles. The predicted molar refractivity (Wildman–Crippen MR) is 146 cm³/mol. The minimum Gasteiger partial charge on any atom is -0.388 e. The smallest absolute Gasteiger partial charge is 0.229 e. The fourth-order valence-electron chi connectivity index (χ4n) is 5.77. The zero-order chi connectivity index (χ0) is 27.3. The van der Waals surface area contributed by atoms with E-state index in [1.807, 2.05) is 31.4 Å². The number of nitrogens with one attached hydrogen (secondary N) is 1. The second-order valence-corrected chi connectivity index (χ2v) is 11.0. The van der Waals surface area contributed by atoms with Gasteiger partial charge in [-0.15, -0.1) is 0 Å². The number of imidazole rings is 1. The van der Waals surface area contributed by atoms with Gasteiger partial charge in [0.15, 0.2) is 11.6 Å². The highest BCUT2D eigenvalue weighted by molar-refractivity contribution is 5.83. The second kappa shape index (κ2) is 10.2. The first-order valence-electron chi connectivity index (χ1n) is 13.6. The summed E-state index contributed by atoms with van der Waals surface area (Å²) in [5, 5.41) is 13.9. The molecule has 1 aromatic carbocycles. The van der Waals surface area contributed by atoms with Crippen molar-refractivity contribution in [2.24, 2.45) is 5.92 Å². The molecule has 8 nitrogen and oxygen atoms in total. The lowest BCUT2D eigenvalue weighted by molar-refractivity contribution is 0.0564. The Morgan fingerprint density at radius 1 is 0.974 bits per heavy atom. The number of fused-ring (bicyclic) bond motifs is 1. The van der Waals surface area contributed by atoms with Crippen LogP contribution in [0.3, 0.4) is 0 Å². The number of aromatic nitrogens is 5. The van der Waals surface area contributed by atoms with Crippen molar-refractivity contribution in [2.45, 2.75) is 64.6 Å². The number of rotatable bonds is 7. The van der Waals surface area contributed by atoms with Gasteiger partial charge in [0.2, 0.25) is 5.95 Å². The summed E-state index contributed by atoms with van der Waals surface area (Å²) >= 11 is 0. The maximum Gasteiger partial charge on any atom is 0.229 e. The molecule has 1 saturated carbocycles. The molecule has 10 heteroatoms. The standard InChI is InChI=1S/C29H33F2N7O/c1-16(2)38-17(3)34-27-22(30)12-20(13-24(27)38)26-23(31)15-33-29(36-26)35-25-7-4-19(14-32-25)28(39)18-8-10-37(11-9-18)21-5-6-21/h4,7,12-16,18,21,28,39H,5-6,8-11H2,1-3H3,(H,32,33,35,36). The van der Waals surface area contributed by atoms with Crippen LogP contribution in [-0.4, -0.2) is 53.6 Å². The number of pyridine rings is 1. The normalized spacial score (nSPS) is 17.7. The monoisotopic (exact) mass is 533 g/mol. The van der Waals surface area contributed by atoms with E-state index < -0.39 is 17.7 Å². The number of benzene rings is 1. The zero-order valence-electron chi connectivity index (χ0n) is 22.4. The number of likely N-dealkylation sites (tertiary alicyclic amines) is 1. The van der Waals surface area contributed by atoms with E-state index in [4.69, 9.17) is 0 Å². The lowest BCUT2D eigenvalue weighted by Crippen LogP contribution is -2.37. The van der Waals surface area contributed by atoms with Crippen LogP contribution in [-0.2, 0) is 0 Å². The summed E-state index contributed by atoms with van der Waals surface area (Å²) in [6.45, 7) is 7.88. The quantitative estimate of drug-likeness (QED) is 0.315. The Morgan fingerprint density at radius 3 is 2.41 bits per heavy atom. The number of aliphatic hydroxyl groups excluding tert-OH is 1. The Balaban J connectivity index is 1.20. The van der Waals surface area contributed by atoms with Crippen LogP contribution in [0.1, 0.15) is 63.1 Å². The maximum absolute atomic E-state index is 15.0. The van der Waals surface area contributed by atoms with Gasteiger partial charge in [0.25, 0.3) is 0 Å². The van der Waals surface area contributed by atoms with E-state index in [0.717, 1.165) is 43.7 Å². The van der Waals surface area contributed by atoms with Crippen molar-refractivity contribution in [3.8, 4) is 11.3 Å². The molecular formula is C29H33F2N7O. The SMILES string of the molecule is Cc1nc2c(F)cc(-c3nc(Nc4ccc(C(O)C5CCN(C6CC6)CC5)cn4)ncc3F)cc2n1C(C)C. The highest BCUT2D eigenvalue weighted by Crippen LogP contribution is 2.36. The average molecular weight is 534 g/mol. The molecule has 4 heterocycles. The molecule has 1 saturated heterocycles. The molecule has 0 amide bonds. The number of piperidine rings is 1. The van der Waals surface area contributed by atoms with E-state index in [-0.39, 0.29) is 29.1 Å². The van der Waals surface area contributed by atoms with Gasteiger partial charge in [-0.1, -0.05) is 6.07 Å². The number of hydrogen-bond donors (Lipinski definition) is 2. The third-order valence-corrected chi connectivity index (χ3v) is 7.91. The number of halogens is 2. The van der Waals surface area contributed by atoms with Crippen LogP contribution in [0.4, 0.5) is 20.5 Å². The van der Waals surface area contributed by atoms with Crippen LogP contribution in [0.25, 0.3) is 22.3 Å². The summed E-state index contributed by atoms with van der Waals surface area (Å²) in [6, 6.07) is 7.37. The molecule has 4 aromatic rings. The summed E-state index contributed by atoms with van der Waals surface area (Å²) in [7, 11) is 0. The first-order chi connectivity index (χ1) is 18.8. The topological polar surface area (TPSA) is 92.0 Å². The molecule has 1 atom stereocenters. The summed E-state index contributed by atoms with van der Waals surface area (Å²) in [5.74, 6) is 0.301. The van der Waals surface area contributed by atoms with Crippen LogP contribution < -0.4 is 5.32 Å². The Hall–Kier alpha value is -3.50. The largest absolute Gasteiger partial charge is 0.388 e. The Labute approximate surface area is 226 Å². The van der Waals surface area contributed by atoms with Gasteiger partial charge >= 0.3 is 0 Å². The molecule has 2 aliphatic rings.